The third kappa shape index (κ3) is 3.00. The van der Waals surface area contributed by atoms with E-state index in [1.54, 1.807) is 18.2 Å². The van der Waals surface area contributed by atoms with Gasteiger partial charge in [-0.05, 0) is 36.4 Å². The van der Waals surface area contributed by atoms with E-state index < -0.39 is 5.97 Å². The Bertz CT molecular complexity index is 667. The Morgan fingerprint density at radius 3 is 2.27 bits per heavy atom. The summed E-state index contributed by atoms with van der Waals surface area (Å²) in [6.07, 6.45) is 0. The second kappa shape index (κ2) is 6.01. The number of anilines is 2. The fourth-order valence-electron chi connectivity index (χ4n) is 2.56. The molecule has 0 bridgehead atoms. The third-order valence-corrected chi connectivity index (χ3v) is 3.75. The van der Waals surface area contributed by atoms with Gasteiger partial charge in [0.05, 0.1) is 0 Å². The van der Waals surface area contributed by atoms with Crippen molar-refractivity contribution in [2.75, 3.05) is 36.0 Å². The second-order valence-electron chi connectivity index (χ2n) is 5.14. The predicted molar refractivity (Wildman–Crippen MR) is 82.0 cm³/mol. The van der Waals surface area contributed by atoms with Gasteiger partial charge in [-0.2, -0.15) is 0 Å². The van der Waals surface area contributed by atoms with Crippen molar-refractivity contribution in [1.82, 2.24) is 4.98 Å². The Kier molecular flexibility index (Phi) is 3.91. The number of piperazine rings is 1. The molecule has 0 unspecified atom stereocenters. The Morgan fingerprint density at radius 2 is 1.64 bits per heavy atom. The zero-order valence-electron chi connectivity index (χ0n) is 11.9. The van der Waals surface area contributed by atoms with Gasteiger partial charge in [0.1, 0.15) is 11.6 Å². The van der Waals surface area contributed by atoms with Gasteiger partial charge < -0.3 is 14.9 Å². The van der Waals surface area contributed by atoms with Crippen LogP contribution in [0.5, 0.6) is 0 Å². The van der Waals surface area contributed by atoms with Crippen LogP contribution in [0.4, 0.5) is 15.9 Å². The van der Waals surface area contributed by atoms with E-state index in [1.807, 2.05) is 6.07 Å². The van der Waals surface area contributed by atoms with Gasteiger partial charge in [0.2, 0.25) is 0 Å². The van der Waals surface area contributed by atoms with Crippen LogP contribution in [-0.2, 0) is 0 Å². The average molecular weight is 301 g/mol. The number of carboxylic acids is 1. The van der Waals surface area contributed by atoms with E-state index in [0.717, 1.165) is 31.9 Å². The molecule has 114 valence electrons. The fourth-order valence-corrected chi connectivity index (χ4v) is 2.56. The molecule has 1 aliphatic rings. The molecule has 0 radical (unpaired) electrons. The molecule has 0 atom stereocenters. The number of hydrogen-bond acceptors (Lipinski definition) is 4. The van der Waals surface area contributed by atoms with E-state index in [9.17, 15) is 9.18 Å². The minimum absolute atomic E-state index is 0.0541. The van der Waals surface area contributed by atoms with Crippen LogP contribution in [0.15, 0.2) is 42.5 Å². The van der Waals surface area contributed by atoms with Gasteiger partial charge in [-0.15, -0.1) is 0 Å². The molecule has 0 saturated carbocycles. The van der Waals surface area contributed by atoms with E-state index in [4.69, 9.17) is 5.11 Å². The minimum Gasteiger partial charge on any atom is -0.477 e. The van der Waals surface area contributed by atoms with E-state index in [2.05, 4.69) is 14.8 Å². The summed E-state index contributed by atoms with van der Waals surface area (Å²) in [4.78, 5) is 19.4. The highest BCUT2D eigenvalue weighted by atomic mass is 19.1. The number of hydrogen-bond donors (Lipinski definition) is 1. The highest BCUT2D eigenvalue weighted by molar-refractivity contribution is 5.85. The normalized spacial score (nSPS) is 15.0. The molecule has 1 fully saturated rings. The van der Waals surface area contributed by atoms with Crippen molar-refractivity contribution in [3.05, 3.63) is 54.0 Å². The zero-order valence-corrected chi connectivity index (χ0v) is 11.9. The van der Waals surface area contributed by atoms with Crippen molar-refractivity contribution in [1.29, 1.82) is 0 Å². The molecule has 2 heterocycles. The van der Waals surface area contributed by atoms with E-state index in [1.165, 1.54) is 18.2 Å². The van der Waals surface area contributed by atoms with Crippen LogP contribution in [0.3, 0.4) is 0 Å². The third-order valence-electron chi connectivity index (χ3n) is 3.75. The van der Waals surface area contributed by atoms with Gasteiger partial charge >= 0.3 is 5.97 Å². The molecule has 22 heavy (non-hydrogen) atoms. The van der Waals surface area contributed by atoms with E-state index >= 15 is 0 Å². The molecule has 0 spiro atoms. The standard InChI is InChI=1S/C16H16FN3O2/c17-12-4-6-13(7-5-12)19-8-10-20(11-9-19)15-3-1-2-14(18-15)16(21)22/h1-7H,8-11H2,(H,21,22). The fraction of sp³-hybridized carbons (Fsp3) is 0.250. The van der Waals surface area contributed by atoms with E-state index in [0.29, 0.717) is 5.82 Å². The first-order valence-electron chi connectivity index (χ1n) is 7.09. The molecular weight excluding hydrogens is 285 g/mol. The molecule has 0 aliphatic carbocycles. The van der Waals surface area contributed by atoms with Crippen molar-refractivity contribution in [3.63, 3.8) is 0 Å². The minimum atomic E-state index is -1.02. The molecule has 3 rings (SSSR count). The molecule has 6 heteroatoms. The van der Waals surface area contributed by atoms with Gasteiger partial charge in [0.25, 0.3) is 0 Å². The summed E-state index contributed by atoms with van der Waals surface area (Å²) in [5.74, 6) is -0.581. The van der Waals surface area contributed by atoms with Crippen LogP contribution >= 0.6 is 0 Å². The Labute approximate surface area is 127 Å². The second-order valence-corrected chi connectivity index (χ2v) is 5.14. The maximum atomic E-state index is 13.0. The van der Waals surface area contributed by atoms with Crippen LogP contribution < -0.4 is 9.80 Å². The largest absolute Gasteiger partial charge is 0.477 e. The number of halogens is 1. The summed E-state index contributed by atoms with van der Waals surface area (Å²) in [6.45, 7) is 3.05. The van der Waals surface area contributed by atoms with Crippen LogP contribution in [-0.4, -0.2) is 42.2 Å². The highest BCUT2D eigenvalue weighted by Gasteiger charge is 2.19. The number of aromatic carboxylic acids is 1. The first-order valence-corrected chi connectivity index (χ1v) is 7.09. The number of rotatable bonds is 3. The topological polar surface area (TPSA) is 56.7 Å². The van der Waals surface area contributed by atoms with Crippen molar-refractivity contribution < 1.29 is 14.3 Å². The van der Waals surface area contributed by atoms with Crippen molar-refractivity contribution >= 4 is 17.5 Å². The molecule has 0 amide bonds. The molecule has 1 aromatic carbocycles. The number of aromatic nitrogens is 1. The van der Waals surface area contributed by atoms with Crippen molar-refractivity contribution in [3.8, 4) is 0 Å². The molecule has 2 aromatic rings. The monoisotopic (exact) mass is 301 g/mol. The molecule has 1 N–H and O–H groups in total. The molecule has 1 aliphatic heterocycles. The first-order chi connectivity index (χ1) is 10.6. The van der Waals surface area contributed by atoms with Gasteiger partial charge in [0.15, 0.2) is 5.69 Å². The number of nitrogens with zero attached hydrogens (tertiary/aromatic N) is 3. The molecule has 5 nitrogen and oxygen atoms in total. The summed E-state index contributed by atoms with van der Waals surface area (Å²) < 4.78 is 13.0. The Hall–Kier alpha value is -2.63. The average Bonchev–Trinajstić information content (AvgIpc) is 2.56. The highest BCUT2D eigenvalue weighted by Crippen LogP contribution is 2.19. The summed E-state index contributed by atoms with van der Waals surface area (Å²) in [5.41, 5.74) is 1.05. The summed E-state index contributed by atoms with van der Waals surface area (Å²) in [6, 6.07) is 11.5. The summed E-state index contributed by atoms with van der Waals surface area (Å²) in [5, 5.41) is 9.00. The Morgan fingerprint density at radius 1 is 1.00 bits per heavy atom. The van der Waals surface area contributed by atoms with Crippen molar-refractivity contribution in [2.24, 2.45) is 0 Å². The molecule has 1 aromatic heterocycles. The van der Waals surface area contributed by atoms with Crippen molar-refractivity contribution in [2.45, 2.75) is 0 Å². The van der Waals surface area contributed by atoms with Crippen LogP contribution in [0.2, 0.25) is 0 Å². The van der Waals surface area contributed by atoms with Crippen LogP contribution in [0, 0.1) is 5.82 Å². The Balaban J connectivity index is 1.67. The quantitative estimate of drug-likeness (QED) is 0.942. The summed E-state index contributed by atoms with van der Waals surface area (Å²) in [7, 11) is 0. The summed E-state index contributed by atoms with van der Waals surface area (Å²) >= 11 is 0. The van der Waals surface area contributed by atoms with Crippen LogP contribution in [0.25, 0.3) is 0 Å². The van der Waals surface area contributed by atoms with Gasteiger partial charge in [0, 0.05) is 31.9 Å². The lowest BCUT2D eigenvalue weighted by molar-refractivity contribution is 0.0690. The molecule has 1 saturated heterocycles. The number of pyridine rings is 1. The van der Waals surface area contributed by atoms with Gasteiger partial charge in [-0.25, -0.2) is 14.2 Å². The number of carboxylic acid groups (broad SMARTS) is 1. The zero-order chi connectivity index (χ0) is 15.5. The molecular formula is C16H16FN3O2. The maximum Gasteiger partial charge on any atom is 0.354 e. The lowest BCUT2D eigenvalue weighted by Gasteiger charge is -2.36. The maximum absolute atomic E-state index is 13.0. The van der Waals surface area contributed by atoms with E-state index in [-0.39, 0.29) is 11.5 Å². The predicted octanol–water partition coefficient (Wildman–Crippen LogP) is 2.25. The number of carbonyl (C=O) groups is 1. The lowest BCUT2D eigenvalue weighted by atomic mass is 10.2. The van der Waals surface area contributed by atoms with Gasteiger partial charge in [-0.1, -0.05) is 6.07 Å². The smallest absolute Gasteiger partial charge is 0.354 e. The SMILES string of the molecule is O=C(O)c1cccc(N2CCN(c3ccc(F)cc3)CC2)n1. The number of benzene rings is 1. The van der Waals surface area contributed by atoms with Crippen LogP contribution in [0.1, 0.15) is 10.5 Å². The lowest BCUT2D eigenvalue weighted by Crippen LogP contribution is -2.46. The first kappa shape index (κ1) is 14.3. The van der Waals surface area contributed by atoms with Gasteiger partial charge in [-0.3, -0.25) is 0 Å².